The smallest absolute Gasteiger partial charge is 0.238 e. The fraction of sp³-hybridized carbons (Fsp3) is 0.429. The minimum absolute atomic E-state index is 0.0198. The Morgan fingerprint density at radius 3 is 2.53 bits per heavy atom. The van der Waals surface area contributed by atoms with Gasteiger partial charge in [0.05, 0.1) is 11.5 Å². The molecule has 0 aliphatic rings. The highest BCUT2D eigenvalue weighted by Crippen LogP contribution is 2.08. The SMILES string of the molecule is CCN(CCC(N)=S)CC(=O)Nc1ccc(C)cc1. The van der Waals surface area contributed by atoms with E-state index in [2.05, 4.69) is 5.32 Å². The molecule has 3 N–H and O–H groups in total. The van der Waals surface area contributed by atoms with Gasteiger partial charge in [0.2, 0.25) is 5.91 Å². The van der Waals surface area contributed by atoms with Gasteiger partial charge in [0, 0.05) is 18.7 Å². The van der Waals surface area contributed by atoms with Gasteiger partial charge in [0.1, 0.15) is 0 Å². The molecule has 0 aliphatic carbocycles. The number of nitrogens with one attached hydrogen (secondary N) is 1. The normalized spacial score (nSPS) is 10.5. The van der Waals surface area contributed by atoms with Gasteiger partial charge >= 0.3 is 0 Å². The van der Waals surface area contributed by atoms with E-state index >= 15 is 0 Å². The fourth-order valence-corrected chi connectivity index (χ4v) is 1.75. The number of hydrogen-bond donors (Lipinski definition) is 2. The van der Waals surface area contributed by atoms with Crippen molar-refractivity contribution in [1.29, 1.82) is 0 Å². The van der Waals surface area contributed by atoms with Gasteiger partial charge in [-0.1, -0.05) is 36.8 Å². The molecule has 5 heteroatoms. The van der Waals surface area contributed by atoms with E-state index in [1.54, 1.807) is 0 Å². The van der Waals surface area contributed by atoms with Crippen molar-refractivity contribution < 1.29 is 4.79 Å². The fourth-order valence-electron chi connectivity index (χ4n) is 1.66. The van der Waals surface area contributed by atoms with Crippen LogP contribution in [-0.2, 0) is 4.79 Å². The number of nitrogens with two attached hydrogens (primary N) is 1. The van der Waals surface area contributed by atoms with Crippen LogP contribution in [0.15, 0.2) is 24.3 Å². The number of anilines is 1. The Hall–Kier alpha value is -1.46. The number of aryl methyl sites for hydroxylation is 1. The largest absolute Gasteiger partial charge is 0.393 e. The van der Waals surface area contributed by atoms with E-state index in [0.717, 1.165) is 12.2 Å². The summed E-state index contributed by atoms with van der Waals surface area (Å²) < 4.78 is 0. The second-order valence-corrected chi connectivity index (χ2v) is 5.02. The molecule has 0 bridgehead atoms. The summed E-state index contributed by atoms with van der Waals surface area (Å²) in [5.41, 5.74) is 7.46. The zero-order valence-corrected chi connectivity index (χ0v) is 12.3. The van der Waals surface area contributed by atoms with Crippen molar-refractivity contribution in [3.8, 4) is 0 Å². The lowest BCUT2D eigenvalue weighted by Gasteiger charge is -2.19. The maximum absolute atomic E-state index is 11.9. The van der Waals surface area contributed by atoms with Crippen LogP contribution >= 0.6 is 12.2 Å². The minimum atomic E-state index is -0.0198. The first-order chi connectivity index (χ1) is 9.01. The second kappa shape index (κ2) is 7.86. The predicted molar refractivity (Wildman–Crippen MR) is 83.3 cm³/mol. The maximum atomic E-state index is 11.9. The van der Waals surface area contributed by atoms with Crippen LogP contribution in [0.3, 0.4) is 0 Å². The summed E-state index contributed by atoms with van der Waals surface area (Å²) in [6.07, 6.45) is 0.640. The molecule has 0 radical (unpaired) electrons. The van der Waals surface area contributed by atoms with Crippen LogP contribution in [0.1, 0.15) is 18.9 Å². The first-order valence-electron chi connectivity index (χ1n) is 6.38. The Morgan fingerprint density at radius 1 is 1.37 bits per heavy atom. The molecule has 0 heterocycles. The zero-order chi connectivity index (χ0) is 14.3. The molecule has 0 aliphatic heterocycles. The van der Waals surface area contributed by atoms with E-state index in [9.17, 15) is 4.79 Å². The van der Waals surface area contributed by atoms with Crippen molar-refractivity contribution in [3.63, 3.8) is 0 Å². The van der Waals surface area contributed by atoms with E-state index in [0.29, 0.717) is 24.5 Å². The van der Waals surface area contributed by atoms with Gasteiger partial charge in [-0.05, 0) is 25.6 Å². The molecule has 19 heavy (non-hydrogen) atoms. The van der Waals surface area contributed by atoms with Gasteiger partial charge in [0.15, 0.2) is 0 Å². The topological polar surface area (TPSA) is 58.4 Å². The summed E-state index contributed by atoms with van der Waals surface area (Å²) in [4.78, 5) is 14.4. The molecule has 0 aromatic heterocycles. The predicted octanol–water partition coefficient (Wildman–Crippen LogP) is 1.93. The molecule has 0 unspecified atom stereocenters. The number of carbonyl (C=O) groups excluding carboxylic acids is 1. The summed E-state index contributed by atoms with van der Waals surface area (Å²) in [5, 5.41) is 2.88. The van der Waals surface area contributed by atoms with Gasteiger partial charge in [-0.2, -0.15) is 0 Å². The van der Waals surface area contributed by atoms with Crippen LogP contribution in [0.2, 0.25) is 0 Å². The third-order valence-electron chi connectivity index (χ3n) is 2.82. The molecule has 0 atom stereocenters. The molecule has 1 amide bonds. The molecule has 1 aromatic carbocycles. The number of hydrogen-bond acceptors (Lipinski definition) is 3. The maximum Gasteiger partial charge on any atom is 0.238 e. The highest BCUT2D eigenvalue weighted by Gasteiger charge is 2.09. The lowest BCUT2D eigenvalue weighted by atomic mass is 10.2. The highest BCUT2D eigenvalue weighted by molar-refractivity contribution is 7.80. The molecule has 0 fully saturated rings. The number of likely N-dealkylation sites (N-methyl/N-ethyl adjacent to an activating group) is 1. The monoisotopic (exact) mass is 279 g/mol. The molecular formula is C14H21N3OS. The average Bonchev–Trinajstić information content (AvgIpc) is 2.37. The van der Waals surface area contributed by atoms with Crippen molar-refractivity contribution in [1.82, 2.24) is 4.90 Å². The van der Waals surface area contributed by atoms with E-state index in [-0.39, 0.29) is 5.91 Å². The van der Waals surface area contributed by atoms with Crippen molar-refractivity contribution in [2.75, 3.05) is 25.0 Å². The van der Waals surface area contributed by atoms with Gasteiger partial charge in [-0.3, -0.25) is 9.69 Å². The molecule has 0 saturated carbocycles. The molecule has 1 aromatic rings. The molecule has 4 nitrogen and oxygen atoms in total. The minimum Gasteiger partial charge on any atom is -0.393 e. The van der Waals surface area contributed by atoms with Crippen LogP contribution in [0, 0.1) is 6.92 Å². The number of rotatable bonds is 7. The molecule has 1 rings (SSSR count). The number of amides is 1. The lowest BCUT2D eigenvalue weighted by Crippen LogP contribution is -2.35. The van der Waals surface area contributed by atoms with E-state index < -0.39 is 0 Å². The summed E-state index contributed by atoms with van der Waals surface area (Å²) in [6.45, 7) is 5.89. The number of nitrogens with zero attached hydrogens (tertiary/aromatic N) is 1. The average molecular weight is 279 g/mol. The van der Waals surface area contributed by atoms with Crippen LogP contribution in [0.25, 0.3) is 0 Å². The number of carbonyl (C=O) groups is 1. The second-order valence-electron chi connectivity index (χ2n) is 4.50. The highest BCUT2D eigenvalue weighted by atomic mass is 32.1. The van der Waals surface area contributed by atoms with E-state index in [4.69, 9.17) is 18.0 Å². The van der Waals surface area contributed by atoms with Crippen molar-refractivity contribution in [2.24, 2.45) is 5.73 Å². The molecule has 0 saturated heterocycles. The third kappa shape index (κ3) is 6.31. The van der Waals surface area contributed by atoms with E-state index in [1.165, 1.54) is 5.56 Å². The summed E-state index contributed by atoms with van der Waals surface area (Å²) >= 11 is 4.84. The Bertz CT molecular complexity index is 431. The standard InChI is InChI=1S/C14H21N3OS/c1-3-17(9-8-13(15)19)10-14(18)16-12-6-4-11(2)5-7-12/h4-7H,3,8-10H2,1-2H3,(H2,15,19)(H,16,18). The Kier molecular flexibility index (Phi) is 6.45. The Balaban J connectivity index is 2.44. The van der Waals surface area contributed by atoms with Gasteiger partial charge in [-0.25, -0.2) is 0 Å². The number of thiocarbonyl (C=S) groups is 1. The van der Waals surface area contributed by atoms with Gasteiger partial charge in [0.25, 0.3) is 0 Å². The van der Waals surface area contributed by atoms with Crippen molar-refractivity contribution in [2.45, 2.75) is 20.3 Å². The van der Waals surface area contributed by atoms with Crippen LogP contribution in [0.4, 0.5) is 5.69 Å². The lowest BCUT2D eigenvalue weighted by molar-refractivity contribution is -0.117. The first-order valence-corrected chi connectivity index (χ1v) is 6.79. The summed E-state index contributed by atoms with van der Waals surface area (Å²) in [7, 11) is 0. The number of benzene rings is 1. The zero-order valence-electron chi connectivity index (χ0n) is 11.5. The van der Waals surface area contributed by atoms with Crippen molar-refractivity contribution in [3.05, 3.63) is 29.8 Å². The first kappa shape index (κ1) is 15.6. The Labute approximate surface area is 120 Å². The summed E-state index contributed by atoms with van der Waals surface area (Å²) in [5.74, 6) is -0.0198. The van der Waals surface area contributed by atoms with Gasteiger partial charge in [-0.15, -0.1) is 0 Å². The van der Waals surface area contributed by atoms with Crippen LogP contribution in [0.5, 0.6) is 0 Å². The van der Waals surface area contributed by atoms with Crippen LogP contribution < -0.4 is 11.1 Å². The summed E-state index contributed by atoms with van der Waals surface area (Å²) in [6, 6.07) is 7.75. The quantitative estimate of drug-likeness (QED) is 0.749. The third-order valence-corrected chi connectivity index (χ3v) is 3.03. The van der Waals surface area contributed by atoms with Gasteiger partial charge < -0.3 is 11.1 Å². The van der Waals surface area contributed by atoms with E-state index in [1.807, 2.05) is 43.0 Å². The molecular weight excluding hydrogens is 258 g/mol. The molecule has 104 valence electrons. The van der Waals surface area contributed by atoms with Crippen molar-refractivity contribution >= 4 is 28.8 Å². The Morgan fingerprint density at radius 2 is 2.00 bits per heavy atom. The molecule has 0 spiro atoms. The van der Waals surface area contributed by atoms with Crippen LogP contribution in [-0.4, -0.2) is 35.4 Å².